The van der Waals surface area contributed by atoms with Crippen LogP contribution in [0.15, 0.2) is 18.2 Å². The number of nitrogens with one attached hydrogen (secondary N) is 1. The minimum atomic E-state index is -0.927. The summed E-state index contributed by atoms with van der Waals surface area (Å²) >= 11 is 0. The molecule has 2 amide bonds. The fourth-order valence-electron chi connectivity index (χ4n) is 6.74. The summed E-state index contributed by atoms with van der Waals surface area (Å²) in [6.07, 6.45) is 7.60. The Balaban J connectivity index is 1.46. The summed E-state index contributed by atoms with van der Waals surface area (Å²) in [6.45, 7) is 4.36. The van der Waals surface area contributed by atoms with Crippen LogP contribution in [0.4, 0.5) is 8.78 Å². The predicted molar refractivity (Wildman–Crippen MR) is 111 cm³/mol. The molecule has 4 nitrogen and oxygen atoms in total. The lowest BCUT2D eigenvalue weighted by Crippen LogP contribution is -2.55. The number of hydrogen-bond donors (Lipinski definition) is 1. The Bertz CT molecular complexity index is 783. The molecule has 1 aromatic carbocycles. The molecule has 4 fully saturated rings. The lowest BCUT2D eigenvalue weighted by Gasteiger charge is -2.57. The highest BCUT2D eigenvalue weighted by atomic mass is 19.1. The maximum atomic E-state index is 14.0. The first-order valence-corrected chi connectivity index (χ1v) is 11.2. The second-order valence-electron chi connectivity index (χ2n) is 10.4. The molecule has 0 radical (unpaired) electrons. The lowest BCUT2D eigenvalue weighted by molar-refractivity contribution is -0.138. The number of halogens is 2. The number of carbonyl (C=O) groups is 2. The molecular formula is C24H32F2N2O2. The first kappa shape index (κ1) is 21.3. The first-order valence-electron chi connectivity index (χ1n) is 11.2. The molecule has 4 bridgehead atoms. The van der Waals surface area contributed by atoms with E-state index in [1.165, 1.54) is 44.6 Å². The predicted octanol–water partition coefficient (Wildman–Crippen LogP) is 4.39. The van der Waals surface area contributed by atoms with Crippen molar-refractivity contribution in [3.8, 4) is 0 Å². The largest absolute Gasteiger partial charge is 0.343 e. The Morgan fingerprint density at radius 2 is 1.57 bits per heavy atom. The van der Waals surface area contributed by atoms with E-state index < -0.39 is 29.1 Å². The van der Waals surface area contributed by atoms with E-state index in [2.05, 4.69) is 5.32 Å². The highest BCUT2D eigenvalue weighted by Crippen LogP contribution is 2.60. The summed E-state index contributed by atoms with van der Waals surface area (Å²) in [5, 5.41) is 2.59. The number of carbonyl (C=O) groups excluding carboxylic acids is 2. The molecule has 30 heavy (non-hydrogen) atoms. The van der Waals surface area contributed by atoms with Crippen molar-refractivity contribution in [1.29, 1.82) is 0 Å². The van der Waals surface area contributed by atoms with Crippen molar-refractivity contribution in [2.75, 3.05) is 13.6 Å². The molecule has 1 atom stereocenters. The van der Waals surface area contributed by atoms with Crippen LogP contribution in [0.5, 0.6) is 0 Å². The van der Waals surface area contributed by atoms with Crippen molar-refractivity contribution in [2.45, 2.75) is 58.4 Å². The molecule has 1 N–H and O–H groups in total. The van der Waals surface area contributed by atoms with Gasteiger partial charge >= 0.3 is 0 Å². The van der Waals surface area contributed by atoms with Gasteiger partial charge in [0.05, 0.1) is 0 Å². The van der Waals surface area contributed by atoms with Gasteiger partial charge in [-0.05, 0) is 79.7 Å². The van der Waals surface area contributed by atoms with E-state index in [9.17, 15) is 18.4 Å². The monoisotopic (exact) mass is 418 g/mol. The van der Waals surface area contributed by atoms with Crippen molar-refractivity contribution in [1.82, 2.24) is 10.2 Å². The zero-order valence-corrected chi connectivity index (χ0v) is 18.1. The van der Waals surface area contributed by atoms with Crippen molar-refractivity contribution >= 4 is 11.8 Å². The van der Waals surface area contributed by atoms with Crippen LogP contribution in [0.1, 0.15) is 62.7 Å². The van der Waals surface area contributed by atoms with Gasteiger partial charge in [-0.1, -0.05) is 19.9 Å². The fourth-order valence-corrected chi connectivity index (χ4v) is 6.74. The van der Waals surface area contributed by atoms with Gasteiger partial charge in [0.25, 0.3) is 5.91 Å². The van der Waals surface area contributed by atoms with E-state index in [4.69, 9.17) is 0 Å². The number of benzene rings is 1. The molecule has 4 aliphatic carbocycles. The minimum absolute atomic E-state index is 0.189. The molecule has 1 unspecified atom stereocenters. The maximum absolute atomic E-state index is 14.0. The quantitative estimate of drug-likeness (QED) is 0.745. The topological polar surface area (TPSA) is 49.4 Å². The highest BCUT2D eigenvalue weighted by Gasteiger charge is 2.51. The van der Waals surface area contributed by atoms with E-state index in [1.54, 1.807) is 11.9 Å². The third-order valence-corrected chi connectivity index (χ3v) is 7.52. The van der Waals surface area contributed by atoms with E-state index in [0.717, 1.165) is 29.9 Å². The average Bonchev–Trinajstić information content (AvgIpc) is 2.63. The number of nitrogens with zero attached hydrogens (tertiary/aromatic N) is 1. The highest BCUT2D eigenvalue weighted by molar-refractivity contribution is 5.98. The zero-order chi connectivity index (χ0) is 21.6. The SMILES string of the molecule is CC(C)C(NC(=O)c1c(F)cccc1F)C(=O)N(C)CC12CC3CC(CC(C3)C1)C2. The summed E-state index contributed by atoms with van der Waals surface area (Å²) in [6, 6.07) is 2.48. The zero-order valence-electron chi connectivity index (χ0n) is 18.1. The Labute approximate surface area is 177 Å². The van der Waals surface area contributed by atoms with Gasteiger partial charge in [0.1, 0.15) is 23.2 Å². The molecular weight excluding hydrogens is 386 g/mol. The van der Waals surface area contributed by atoms with E-state index in [0.29, 0.717) is 6.54 Å². The molecule has 4 saturated carbocycles. The van der Waals surface area contributed by atoms with E-state index >= 15 is 0 Å². The third-order valence-electron chi connectivity index (χ3n) is 7.52. The molecule has 6 heteroatoms. The number of rotatable bonds is 6. The van der Waals surface area contributed by atoms with Crippen molar-refractivity contribution in [3.63, 3.8) is 0 Å². The first-order chi connectivity index (χ1) is 14.2. The van der Waals surface area contributed by atoms with Gasteiger partial charge in [-0.15, -0.1) is 0 Å². The summed E-state index contributed by atoms with van der Waals surface area (Å²) in [5.74, 6) is -0.742. The Kier molecular flexibility index (Phi) is 5.62. The minimum Gasteiger partial charge on any atom is -0.343 e. The average molecular weight is 419 g/mol. The van der Waals surface area contributed by atoms with Gasteiger partial charge < -0.3 is 10.2 Å². The van der Waals surface area contributed by atoms with Crippen LogP contribution in [0.25, 0.3) is 0 Å². The van der Waals surface area contributed by atoms with Crippen LogP contribution in [-0.4, -0.2) is 36.3 Å². The molecule has 5 rings (SSSR count). The second-order valence-corrected chi connectivity index (χ2v) is 10.4. The molecule has 1 aromatic rings. The van der Waals surface area contributed by atoms with Crippen LogP contribution in [0.2, 0.25) is 0 Å². The molecule has 4 aliphatic rings. The summed E-state index contributed by atoms with van der Waals surface area (Å²) in [7, 11) is 1.80. The van der Waals surface area contributed by atoms with Gasteiger partial charge in [-0.3, -0.25) is 9.59 Å². The summed E-state index contributed by atoms with van der Waals surface area (Å²) < 4.78 is 28.0. The Morgan fingerprint density at radius 1 is 1.07 bits per heavy atom. The van der Waals surface area contributed by atoms with Crippen molar-refractivity contribution in [3.05, 3.63) is 35.4 Å². The van der Waals surface area contributed by atoms with Crippen LogP contribution >= 0.6 is 0 Å². The van der Waals surface area contributed by atoms with Gasteiger partial charge in [-0.2, -0.15) is 0 Å². The molecule has 0 heterocycles. The van der Waals surface area contributed by atoms with E-state index in [-0.39, 0.29) is 17.2 Å². The van der Waals surface area contributed by atoms with E-state index in [1.807, 2.05) is 13.8 Å². The molecule has 0 spiro atoms. The smallest absolute Gasteiger partial charge is 0.257 e. The standard InChI is InChI=1S/C24H32F2N2O2/c1-14(2)21(27-22(29)20-18(25)5-4-6-19(20)26)23(30)28(3)13-24-10-15-7-16(11-24)9-17(8-15)12-24/h4-6,14-17,21H,7-13H2,1-3H3,(H,27,29). The summed E-state index contributed by atoms with van der Waals surface area (Å²) in [4.78, 5) is 27.6. The summed E-state index contributed by atoms with van der Waals surface area (Å²) in [5.41, 5.74) is -0.442. The van der Waals surface area contributed by atoms with Crippen LogP contribution < -0.4 is 5.32 Å². The number of likely N-dealkylation sites (N-methyl/N-ethyl adjacent to an activating group) is 1. The van der Waals surface area contributed by atoms with Gasteiger partial charge in [-0.25, -0.2) is 8.78 Å². The van der Waals surface area contributed by atoms with Crippen molar-refractivity contribution in [2.24, 2.45) is 29.1 Å². The molecule has 0 aromatic heterocycles. The van der Waals surface area contributed by atoms with Gasteiger partial charge in [0.15, 0.2) is 0 Å². The van der Waals surface area contributed by atoms with Crippen LogP contribution in [0.3, 0.4) is 0 Å². The molecule has 164 valence electrons. The number of hydrogen-bond acceptors (Lipinski definition) is 2. The van der Waals surface area contributed by atoms with Crippen LogP contribution in [-0.2, 0) is 4.79 Å². The van der Waals surface area contributed by atoms with Gasteiger partial charge in [0, 0.05) is 13.6 Å². The fraction of sp³-hybridized carbons (Fsp3) is 0.667. The second kappa shape index (κ2) is 7.93. The molecule has 0 saturated heterocycles. The van der Waals surface area contributed by atoms with Crippen molar-refractivity contribution < 1.29 is 18.4 Å². The maximum Gasteiger partial charge on any atom is 0.257 e. The third kappa shape index (κ3) is 3.97. The molecule has 0 aliphatic heterocycles. The Hall–Kier alpha value is -1.98. The van der Waals surface area contributed by atoms with Gasteiger partial charge in [0.2, 0.25) is 5.91 Å². The normalized spacial score (nSPS) is 30.4. The lowest BCUT2D eigenvalue weighted by atomic mass is 9.49. The van der Waals surface area contributed by atoms with Crippen LogP contribution in [0, 0.1) is 40.7 Å². The number of amides is 2. The Morgan fingerprint density at radius 3 is 2.03 bits per heavy atom.